The van der Waals surface area contributed by atoms with Crippen LogP contribution in [-0.2, 0) is 9.59 Å². The van der Waals surface area contributed by atoms with Crippen LogP contribution >= 0.6 is 0 Å². The Hall–Kier alpha value is -0.700. The van der Waals surface area contributed by atoms with Crippen molar-refractivity contribution in [1.29, 1.82) is 0 Å². The number of hydrogen-bond donors (Lipinski definition) is 1. The van der Waals surface area contributed by atoms with Gasteiger partial charge in [-0.3, -0.25) is 0 Å². The third kappa shape index (κ3) is 10.3. The van der Waals surface area contributed by atoms with Crippen LogP contribution in [0.15, 0.2) is 0 Å². The summed E-state index contributed by atoms with van der Waals surface area (Å²) in [6, 6.07) is -0.458. The molecule has 2 N–H and O–H groups in total. The highest BCUT2D eigenvalue weighted by Gasteiger charge is 1.95. The maximum absolute atomic E-state index is 9.77. The molecule has 10 heavy (non-hydrogen) atoms. The summed E-state index contributed by atoms with van der Waals surface area (Å²) < 4.78 is 0. The fraction of sp³-hybridized carbons (Fsp3) is 0.714. The minimum absolute atomic E-state index is 0.375. The number of nitrogens with two attached hydrogens (primary N) is 1. The molecule has 0 aliphatic heterocycles. The van der Waals surface area contributed by atoms with Crippen LogP contribution < -0.4 is 5.73 Å². The van der Waals surface area contributed by atoms with Crippen molar-refractivity contribution in [3.63, 3.8) is 0 Å². The molecule has 0 radical (unpaired) electrons. The van der Waals surface area contributed by atoms with Crippen LogP contribution in [0, 0.1) is 0 Å². The highest BCUT2D eigenvalue weighted by atomic mass is 16.1. The molecule has 0 aliphatic rings. The van der Waals surface area contributed by atoms with Gasteiger partial charge in [0.05, 0.1) is 6.04 Å². The lowest BCUT2D eigenvalue weighted by molar-refractivity contribution is -0.109. The van der Waals surface area contributed by atoms with Gasteiger partial charge in [-0.1, -0.05) is 13.8 Å². The van der Waals surface area contributed by atoms with Crippen LogP contribution in [0.3, 0.4) is 0 Å². The van der Waals surface area contributed by atoms with Crippen LogP contribution in [0.4, 0.5) is 0 Å². The Morgan fingerprint density at radius 2 is 1.90 bits per heavy atom. The molecule has 0 saturated heterocycles. The second-order valence-corrected chi connectivity index (χ2v) is 1.54. The maximum atomic E-state index is 9.77. The summed E-state index contributed by atoms with van der Waals surface area (Å²) >= 11 is 0. The Morgan fingerprint density at radius 3 is 2.20 bits per heavy atom. The van der Waals surface area contributed by atoms with Crippen LogP contribution in [0.25, 0.3) is 0 Å². The van der Waals surface area contributed by atoms with Gasteiger partial charge in [0.1, 0.15) is 12.6 Å². The minimum Gasteiger partial charge on any atom is -0.322 e. The summed E-state index contributed by atoms with van der Waals surface area (Å²) in [5.74, 6) is 0. The summed E-state index contributed by atoms with van der Waals surface area (Å²) in [6.45, 7) is 4.00. The molecular weight excluding hydrogens is 130 g/mol. The van der Waals surface area contributed by atoms with E-state index in [-0.39, 0.29) is 0 Å². The van der Waals surface area contributed by atoms with Crippen LogP contribution in [0.2, 0.25) is 0 Å². The first-order valence-electron chi connectivity index (χ1n) is 3.45. The number of rotatable bonds is 4. The second-order valence-electron chi connectivity index (χ2n) is 1.54. The lowest BCUT2D eigenvalue weighted by atomic mass is 10.2. The number of aldehydes is 2. The van der Waals surface area contributed by atoms with Crippen LogP contribution in [0.5, 0.6) is 0 Å². The zero-order valence-electron chi connectivity index (χ0n) is 6.54. The van der Waals surface area contributed by atoms with E-state index < -0.39 is 6.04 Å². The Morgan fingerprint density at radius 1 is 1.40 bits per heavy atom. The summed E-state index contributed by atoms with van der Waals surface area (Å²) in [5.41, 5.74) is 5.13. The molecule has 60 valence electrons. The molecule has 3 nitrogen and oxygen atoms in total. The molecular formula is C7H15NO2. The normalized spacial score (nSPS) is 10.7. The smallest absolute Gasteiger partial charge is 0.136 e. The van der Waals surface area contributed by atoms with Crippen LogP contribution in [0.1, 0.15) is 26.7 Å². The molecule has 0 amide bonds. The van der Waals surface area contributed by atoms with E-state index in [1.165, 1.54) is 0 Å². The standard InChI is InChI=1S/C5H9NO2.C2H6/c6-5(4-8)2-1-3-7;1-2/h3-5H,1-2,6H2;1-2H3. The molecule has 1 atom stereocenters. The molecule has 3 heteroatoms. The average molecular weight is 145 g/mol. The van der Waals surface area contributed by atoms with E-state index in [2.05, 4.69) is 0 Å². The first kappa shape index (κ1) is 12.0. The Labute approximate surface area is 61.6 Å². The number of carbonyl (C=O) groups excluding carboxylic acids is 2. The summed E-state index contributed by atoms with van der Waals surface area (Å²) in [6.07, 6.45) is 2.24. The molecule has 0 fully saturated rings. The SMILES string of the molecule is CC.NC(C=O)CCC=O. The van der Waals surface area contributed by atoms with Crippen LogP contribution in [-0.4, -0.2) is 18.6 Å². The molecule has 0 aromatic rings. The largest absolute Gasteiger partial charge is 0.322 e. The van der Waals surface area contributed by atoms with Crippen molar-refractivity contribution >= 4 is 12.6 Å². The van der Waals surface area contributed by atoms with Crippen molar-refractivity contribution in [3.8, 4) is 0 Å². The monoisotopic (exact) mass is 145 g/mol. The fourth-order valence-electron chi connectivity index (χ4n) is 0.329. The molecule has 0 saturated carbocycles. The molecule has 1 unspecified atom stereocenters. The van der Waals surface area contributed by atoms with E-state index in [1.807, 2.05) is 13.8 Å². The summed E-state index contributed by atoms with van der Waals surface area (Å²) in [5, 5.41) is 0. The van der Waals surface area contributed by atoms with Gasteiger partial charge in [0.25, 0.3) is 0 Å². The molecule has 0 aromatic carbocycles. The van der Waals surface area contributed by atoms with Crippen molar-refractivity contribution in [2.24, 2.45) is 5.73 Å². The zero-order chi connectivity index (χ0) is 8.41. The highest BCUT2D eigenvalue weighted by molar-refractivity contribution is 5.58. The topological polar surface area (TPSA) is 60.2 Å². The van der Waals surface area contributed by atoms with Crippen molar-refractivity contribution in [3.05, 3.63) is 0 Å². The van der Waals surface area contributed by atoms with Gasteiger partial charge < -0.3 is 15.3 Å². The average Bonchev–Trinajstić information content (AvgIpc) is 2.04. The predicted octanol–water partition coefficient (Wildman–Crippen LogP) is 0.518. The van der Waals surface area contributed by atoms with E-state index in [9.17, 15) is 9.59 Å². The summed E-state index contributed by atoms with van der Waals surface area (Å²) in [7, 11) is 0. The van der Waals surface area contributed by atoms with Gasteiger partial charge in [0.2, 0.25) is 0 Å². The van der Waals surface area contributed by atoms with Crippen molar-refractivity contribution in [2.45, 2.75) is 32.7 Å². The third-order valence-corrected chi connectivity index (χ3v) is 0.793. The highest BCUT2D eigenvalue weighted by Crippen LogP contribution is 1.85. The van der Waals surface area contributed by atoms with E-state index in [4.69, 9.17) is 5.73 Å². The number of carbonyl (C=O) groups is 2. The van der Waals surface area contributed by atoms with E-state index in [1.54, 1.807) is 0 Å². The molecule has 0 bridgehead atoms. The van der Waals surface area contributed by atoms with Gasteiger partial charge in [-0.2, -0.15) is 0 Å². The lowest BCUT2D eigenvalue weighted by Gasteiger charge is -1.95. The van der Waals surface area contributed by atoms with Crippen molar-refractivity contribution in [1.82, 2.24) is 0 Å². The van der Waals surface area contributed by atoms with Gasteiger partial charge in [-0.05, 0) is 6.42 Å². The van der Waals surface area contributed by atoms with E-state index in [0.29, 0.717) is 19.1 Å². The van der Waals surface area contributed by atoms with Gasteiger partial charge in [-0.25, -0.2) is 0 Å². The zero-order valence-corrected chi connectivity index (χ0v) is 6.54. The first-order chi connectivity index (χ1) is 4.81. The van der Waals surface area contributed by atoms with Gasteiger partial charge in [0, 0.05) is 6.42 Å². The van der Waals surface area contributed by atoms with Gasteiger partial charge >= 0.3 is 0 Å². The first-order valence-corrected chi connectivity index (χ1v) is 3.45. The third-order valence-electron chi connectivity index (χ3n) is 0.793. The minimum atomic E-state index is -0.458. The molecule has 0 aromatic heterocycles. The van der Waals surface area contributed by atoms with Gasteiger partial charge in [0.15, 0.2) is 0 Å². The van der Waals surface area contributed by atoms with E-state index in [0.717, 1.165) is 6.29 Å². The molecule has 0 aliphatic carbocycles. The quantitative estimate of drug-likeness (QED) is 0.586. The molecule has 0 rings (SSSR count). The van der Waals surface area contributed by atoms with Crippen molar-refractivity contribution in [2.75, 3.05) is 0 Å². The lowest BCUT2D eigenvalue weighted by Crippen LogP contribution is -2.20. The summed E-state index contributed by atoms with van der Waals surface area (Å²) in [4.78, 5) is 19.4. The predicted molar refractivity (Wildman–Crippen MR) is 40.7 cm³/mol. The maximum Gasteiger partial charge on any atom is 0.136 e. The molecule has 0 spiro atoms. The Bertz CT molecular complexity index is 83.7. The Kier molecular flexibility index (Phi) is 13.4. The van der Waals surface area contributed by atoms with E-state index >= 15 is 0 Å². The fourth-order valence-corrected chi connectivity index (χ4v) is 0.329. The van der Waals surface area contributed by atoms with Gasteiger partial charge in [-0.15, -0.1) is 0 Å². The van der Waals surface area contributed by atoms with Crippen molar-refractivity contribution < 1.29 is 9.59 Å². The number of hydrogen-bond acceptors (Lipinski definition) is 3. The Balaban J connectivity index is 0. The molecule has 0 heterocycles. The second kappa shape index (κ2) is 11.1.